The molecule has 0 saturated carbocycles. The maximum absolute atomic E-state index is 12.6. The lowest BCUT2D eigenvalue weighted by atomic mass is 10.0. The van der Waals surface area contributed by atoms with Gasteiger partial charge in [0, 0.05) is 5.92 Å². The Bertz CT molecular complexity index is 307. The minimum absolute atomic E-state index is 0.287. The molecule has 1 aromatic carbocycles. The van der Waals surface area contributed by atoms with E-state index in [1.165, 1.54) is 0 Å². The van der Waals surface area contributed by atoms with Gasteiger partial charge in [0.15, 0.2) is 0 Å². The number of benzene rings is 1. The molecule has 2 rings (SSSR count). The van der Waals surface area contributed by atoms with Crippen molar-refractivity contribution in [3.63, 3.8) is 0 Å². The second-order valence-corrected chi connectivity index (χ2v) is 3.71. The lowest BCUT2D eigenvalue weighted by molar-refractivity contribution is 0.112. The van der Waals surface area contributed by atoms with E-state index in [2.05, 4.69) is 0 Å². The number of alkyl halides is 2. The fraction of sp³-hybridized carbons (Fsp3) is 0.455. The predicted octanol–water partition coefficient (Wildman–Crippen LogP) is 3.54. The van der Waals surface area contributed by atoms with Crippen LogP contribution < -0.4 is 0 Å². The van der Waals surface area contributed by atoms with Gasteiger partial charge in [0.2, 0.25) is 6.43 Å². The first-order valence-corrected chi connectivity index (χ1v) is 4.57. The van der Waals surface area contributed by atoms with Crippen molar-refractivity contribution in [2.24, 2.45) is 0 Å². The molecule has 1 aliphatic carbocycles. The Labute approximate surface area is 76.6 Å². The first kappa shape index (κ1) is 8.67. The Morgan fingerprint density at radius 2 is 1.85 bits per heavy atom. The van der Waals surface area contributed by atoms with Crippen LogP contribution in [0, 0.1) is 0 Å². The number of rotatable bonds is 1. The average molecular weight is 182 g/mol. The highest BCUT2D eigenvalue weighted by Crippen LogP contribution is 2.43. The summed E-state index contributed by atoms with van der Waals surface area (Å²) in [6.07, 6.45) is -1.62. The summed E-state index contributed by atoms with van der Waals surface area (Å²) in [7, 11) is 0. The van der Waals surface area contributed by atoms with Crippen LogP contribution in [0.3, 0.4) is 0 Å². The summed E-state index contributed by atoms with van der Waals surface area (Å²) in [5.41, 5.74) is 1.96. The molecule has 0 spiro atoms. The van der Waals surface area contributed by atoms with Crippen LogP contribution in [-0.4, -0.2) is 6.43 Å². The van der Waals surface area contributed by atoms with E-state index in [0.29, 0.717) is 6.42 Å². The number of fused-ring (bicyclic) bond motifs is 1. The zero-order chi connectivity index (χ0) is 9.42. The third-order valence-corrected chi connectivity index (χ3v) is 2.84. The zero-order valence-electron chi connectivity index (χ0n) is 7.50. The van der Waals surface area contributed by atoms with Crippen molar-refractivity contribution in [2.75, 3.05) is 0 Å². The number of hydrogen-bond acceptors (Lipinski definition) is 0. The van der Waals surface area contributed by atoms with Crippen LogP contribution in [0.5, 0.6) is 0 Å². The largest absolute Gasteiger partial charge is 0.245 e. The summed E-state index contributed by atoms with van der Waals surface area (Å²) >= 11 is 0. The highest BCUT2D eigenvalue weighted by atomic mass is 19.3. The lowest BCUT2D eigenvalue weighted by Gasteiger charge is -2.08. The van der Waals surface area contributed by atoms with Gasteiger partial charge in [-0.05, 0) is 23.5 Å². The molecule has 0 saturated heterocycles. The second kappa shape index (κ2) is 3.09. The quantitative estimate of drug-likeness (QED) is 0.623. The molecule has 1 aromatic rings. The van der Waals surface area contributed by atoms with Crippen molar-refractivity contribution in [2.45, 2.75) is 31.6 Å². The molecule has 0 aliphatic heterocycles. The van der Waals surface area contributed by atoms with Crippen LogP contribution in [0.15, 0.2) is 24.3 Å². The molecular weight excluding hydrogens is 170 g/mol. The van der Waals surface area contributed by atoms with E-state index in [4.69, 9.17) is 0 Å². The molecule has 0 fully saturated rings. The van der Waals surface area contributed by atoms with Gasteiger partial charge in [-0.15, -0.1) is 0 Å². The summed E-state index contributed by atoms with van der Waals surface area (Å²) in [5.74, 6) is -0.249. The van der Waals surface area contributed by atoms with Crippen molar-refractivity contribution in [3.8, 4) is 0 Å². The van der Waals surface area contributed by atoms with Crippen LogP contribution in [0.4, 0.5) is 8.78 Å². The fourth-order valence-electron chi connectivity index (χ4n) is 2.17. The lowest BCUT2D eigenvalue weighted by Crippen LogP contribution is -2.04. The van der Waals surface area contributed by atoms with Gasteiger partial charge in [0.25, 0.3) is 0 Å². The van der Waals surface area contributed by atoms with E-state index < -0.39 is 12.3 Å². The SMILES string of the molecule is CC1CC(C(F)F)c2ccccc21. The van der Waals surface area contributed by atoms with E-state index in [0.717, 1.165) is 11.1 Å². The highest BCUT2D eigenvalue weighted by Gasteiger charge is 2.33. The molecule has 0 amide bonds. The van der Waals surface area contributed by atoms with Gasteiger partial charge in [-0.1, -0.05) is 31.2 Å². The molecule has 2 heteroatoms. The van der Waals surface area contributed by atoms with Gasteiger partial charge in [-0.2, -0.15) is 0 Å². The zero-order valence-corrected chi connectivity index (χ0v) is 7.50. The van der Waals surface area contributed by atoms with E-state index in [1.54, 1.807) is 0 Å². The molecule has 13 heavy (non-hydrogen) atoms. The van der Waals surface area contributed by atoms with Gasteiger partial charge >= 0.3 is 0 Å². The monoisotopic (exact) mass is 182 g/mol. The van der Waals surface area contributed by atoms with Gasteiger partial charge in [0.1, 0.15) is 0 Å². The highest BCUT2D eigenvalue weighted by molar-refractivity contribution is 5.38. The molecule has 0 bridgehead atoms. The van der Waals surface area contributed by atoms with Crippen molar-refractivity contribution in [3.05, 3.63) is 35.4 Å². The molecule has 70 valence electrons. The third kappa shape index (κ3) is 1.34. The van der Waals surface area contributed by atoms with Crippen LogP contribution >= 0.6 is 0 Å². The fourth-order valence-corrected chi connectivity index (χ4v) is 2.17. The molecule has 0 radical (unpaired) electrons. The normalized spacial score (nSPS) is 26.5. The molecule has 1 aliphatic rings. The smallest absolute Gasteiger partial charge is 0.210 e. The first-order chi connectivity index (χ1) is 6.20. The number of halogens is 2. The molecule has 2 unspecified atom stereocenters. The molecule has 0 N–H and O–H groups in total. The van der Waals surface area contributed by atoms with Crippen LogP contribution in [0.25, 0.3) is 0 Å². The van der Waals surface area contributed by atoms with E-state index in [-0.39, 0.29) is 5.92 Å². The molecule has 0 nitrogen and oxygen atoms in total. The van der Waals surface area contributed by atoms with E-state index >= 15 is 0 Å². The van der Waals surface area contributed by atoms with Gasteiger partial charge < -0.3 is 0 Å². The first-order valence-electron chi connectivity index (χ1n) is 4.57. The van der Waals surface area contributed by atoms with Crippen molar-refractivity contribution < 1.29 is 8.78 Å². The van der Waals surface area contributed by atoms with E-state index in [9.17, 15) is 8.78 Å². The summed E-state index contributed by atoms with van der Waals surface area (Å²) in [6.45, 7) is 2.02. The topological polar surface area (TPSA) is 0 Å². The van der Waals surface area contributed by atoms with Crippen molar-refractivity contribution in [1.82, 2.24) is 0 Å². The minimum Gasteiger partial charge on any atom is -0.210 e. The molecule has 2 atom stereocenters. The van der Waals surface area contributed by atoms with Crippen molar-refractivity contribution in [1.29, 1.82) is 0 Å². The standard InChI is InChI=1S/C11H12F2/c1-7-6-10(11(12)13)9-5-3-2-4-8(7)9/h2-5,7,10-11H,6H2,1H3. The van der Waals surface area contributed by atoms with Gasteiger partial charge in [0.05, 0.1) is 0 Å². The van der Waals surface area contributed by atoms with Crippen LogP contribution in [-0.2, 0) is 0 Å². The maximum atomic E-state index is 12.6. The Balaban J connectivity index is 2.41. The van der Waals surface area contributed by atoms with Gasteiger partial charge in [-0.25, -0.2) is 8.78 Å². The second-order valence-electron chi connectivity index (χ2n) is 3.71. The van der Waals surface area contributed by atoms with Gasteiger partial charge in [-0.3, -0.25) is 0 Å². The van der Waals surface area contributed by atoms with Crippen LogP contribution in [0.2, 0.25) is 0 Å². The maximum Gasteiger partial charge on any atom is 0.245 e. The molecule has 0 heterocycles. The molecular formula is C11H12F2. The van der Waals surface area contributed by atoms with Crippen LogP contribution in [0.1, 0.15) is 36.3 Å². The third-order valence-electron chi connectivity index (χ3n) is 2.84. The molecule has 0 aromatic heterocycles. The van der Waals surface area contributed by atoms with E-state index in [1.807, 2.05) is 31.2 Å². The summed E-state index contributed by atoms with van der Waals surface area (Å²) in [4.78, 5) is 0. The Morgan fingerprint density at radius 3 is 2.46 bits per heavy atom. The summed E-state index contributed by atoms with van der Waals surface area (Å²) < 4.78 is 25.2. The Morgan fingerprint density at radius 1 is 1.23 bits per heavy atom. The Hall–Kier alpha value is -0.920. The summed E-state index contributed by atoms with van der Waals surface area (Å²) in [5, 5.41) is 0. The minimum atomic E-state index is -2.22. The number of hydrogen-bond donors (Lipinski definition) is 0. The average Bonchev–Trinajstić information content (AvgIpc) is 2.45. The van der Waals surface area contributed by atoms with Crippen molar-refractivity contribution >= 4 is 0 Å². The summed E-state index contributed by atoms with van der Waals surface area (Å²) in [6, 6.07) is 7.55. The predicted molar refractivity (Wildman–Crippen MR) is 48.2 cm³/mol. The Kier molecular flexibility index (Phi) is 2.06.